The predicted molar refractivity (Wildman–Crippen MR) is 105 cm³/mol. The summed E-state index contributed by atoms with van der Waals surface area (Å²) in [6, 6.07) is 15.6. The van der Waals surface area contributed by atoms with E-state index in [0.29, 0.717) is 22.5 Å². The lowest BCUT2D eigenvalue weighted by Crippen LogP contribution is -1.95. The molecule has 0 radical (unpaired) electrons. The summed E-state index contributed by atoms with van der Waals surface area (Å²) >= 11 is 7.68. The van der Waals surface area contributed by atoms with Gasteiger partial charge in [-0.1, -0.05) is 64.4 Å². The van der Waals surface area contributed by atoms with Gasteiger partial charge in [0.05, 0.1) is 10.8 Å². The lowest BCUT2D eigenvalue weighted by atomic mass is 10.1. The van der Waals surface area contributed by atoms with Crippen molar-refractivity contribution < 1.29 is 4.52 Å². The first-order valence-electron chi connectivity index (χ1n) is 8.28. The highest BCUT2D eigenvalue weighted by Gasteiger charge is 2.15. The zero-order valence-electron chi connectivity index (χ0n) is 14.8. The summed E-state index contributed by atoms with van der Waals surface area (Å²) in [5.74, 6) is 2.31. The summed E-state index contributed by atoms with van der Waals surface area (Å²) in [5.41, 5.74) is 2.97. The molecule has 6 nitrogen and oxygen atoms in total. The van der Waals surface area contributed by atoms with Gasteiger partial charge in [-0.25, -0.2) is 0 Å². The third kappa shape index (κ3) is 3.74. The van der Waals surface area contributed by atoms with Crippen molar-refractivity contribution in [3.05, 3.63) is 65.0 Å². The average molecular weight is 398 g/mol. The van der Waals surface area contributed by atoms with Crippen molar-refractivity contribution in [3.8, 4) is 22.8 Å². The molecule has 0 unspecified atom stereocenters. The van der Waals surface area contributed by atoms with Crippen LogP contribution in [0.15, 0.2) is 58.2 Å². The normalized spacial score (nSPS) is 11.1. The number of benzene rings is 2. The molecule has 0 atom stereocenters. The van der Waals surface area contributed by atoms with Crippen LogP contribution < -0.4 is 0 Å². The minimum atomic E-state index is 0.481. The highest BCUT2D eigenvalue weighted by Crippen LogP contribution is 2.28. The van der Waals surface area contributed by atoms with Crippen molar-refractivity contribution >= 4 is 23.4 Å². The van der Waals surface area contributed by atoms with E-state index >= 15 is 0 Å². The van der Waals surface area contributed by atoms with Crippen molar-refractivity contribution in [3.63, 3.8) is 0 Å². The van der Waals surface area contributed by atoms with Crippen LogP contribution in [-0.2, 0) is 12.8 Å². The Morgan fingerprint density at radius 3 is 2.78 bits per heavy atom. The minimum Gasteiger partial charge on any atom is -0.338 e. The molecule has 136 valence electrons. The molecule has 2 heterocycles. The number of hydrogen-bond acceptors (Lipinski definition) is 6. The third-order valence-electron chi connectivity index (χ3n) is 4.02. The zero-order valence-corrected chi connectivity index (χ0v) is 16.3. The van der Waals surface area contributed by atoms with Crippen LogP contribution in [0.5, 0.6) is 0 Å². The highest BCUT2D eigenvalue weighted by molar-refractivity contribution is 7.98. The summed E-state index contributed by atoms with van der Waals surface area (Å²) in [4.78, 5) is 4.42. The molecular weight excluding hydrogens is 382 g/mol. The van der Waals surface area contributed by atoms with E-state index in [9.17, 15) is 0 Å². The lowest BCUT2D eigenvalue weighted by molar-refractivity contribution is 0.391. The van der Waals surface area contributed by atoms with E-state index in [4.69, 9.17) is 16.1 Å². The SMILES string of the molecule is Cc1cccc(-c2nnc(SCc3nc(-c4ccccc4Cl)no3)n2C)c1. The molecule has 0 aliphatic carbocycles. The summed E-state index contributed by atoms with van der Waals surface area (Å²) in [5, 5.41) is 14.0. The van der Waals surface area contributed by atoms with Crippen molar-refractivity contribution in [2.24, 2.45) is 7.05 Å². The average Bonchev–Trinajstić information content (AvgIpc) is 3.27. The van der Waals surface area contributed by atoms with Gasteiger partial charge in [0.1, 0.15) is 0 Å². The summed E-state index contributed by atoms with van der Waals surface area (Å²) < 4.78 is 7.31. The minimum absolute atomic E-state index is 0.481. The highest BCUT2D eigenvalue weighted by atomic mass is 35.5. The second-order valence-corrected chi connectivity index (χ2v) is 7.36. The number of nitrogens with zero attached hydrogens (tertiary/aromatic N) is 5. The van der Waals surface area contributed by atoms with Gasteiger partial charge in [0, 0.05) is 18.2 Å². The maximum atomic E-state index is 6.19. The van der Waals surface area contributed by atoms with E-state index < -0.39 is 0 Å². The van der Waals surface area contributed by atoms with Crippen LogP contribution in [0.2, 0.25) is 5.02 Å². The Balaban J connectivity index is 1.50. The van der Waals surface area contributed by atoms with Crippen molar-refractivity contribution in [2.75, 3.05) is 0 Å². The van der Waals surface area contributed by atoms with Crippen molar-refractivity contribution in [2.45, 2.75) is 17.8 Å². The first-order chi connectivity index (χ1) is 13.1. The second kappa shape index (κ2) is 7.54. The molecule has 0 saturated carbocycles. The Bertz CT molecular complexity index is 1090. The van der Waals surface area contributed by atoms with E-state index in [-0.39, 0.29) is 0 Å². The van der Waals surface area contributed by atoms with Gasteiger partial charge in [0.15, 0.2) is 11.0 Å². The largest absolute Gasteiger partial charge is 0.338 e. The summed E-state index contributed by atoms with van der Waals surface area (Å²) in [6.07, 6.45) is 0. The van der Waals surface area contributed by atoms with Crippen molar-refractivity contribution in [1.29, 1.82) is 0 Å². The van der Waals surface area contributed by atoms with Crippen LogP contribution >= 0.6 is 23.4 Å². The molecule has 0 spiro atoms. The standard InChI is InChI=1S/C19H16ClN5OS/c1-12-6-5-7-13(10-12)18-22-23-19(25(18)2)27-11-16-21-17(24-26-16)14-8-3-4-9-15(14)20/h3-10H,11H2,1-2H3. The first kappa shape index (κ1) is 17.8. The van der Waals surface area contributed by atoms with Crippen LogP contribution in [0, 0.1) is 6.92 Å². The molecule has 27 heavy (non-hydrogen) atoms. The maximum absolute atomic E-state index is 6.19. The number of hydrogen-bond donors (Lipinski definition) is 0. The van der Waals surface area contributed by atoms with Gasteiger partial charge in [-0.2, -0.15) is 4.98 Å². The Morgan fingerprint density at radius 1 is 1.11 bits per heavy atom. The van der Waals surface area contributed by atoms with E-state index in [1.165, 1.54) is 17.3 Å². The maximum Gasteiger partial charge on any atom is 0.237 e. The predicted octanol–water partition coefficient (Wildman–Crippen LogP) is 4.79. The zero-order chi connectivity index (χ0) is 18.8. The fourth-order valence-corrected chi connectivity index (χ4v) is 3.64. The van der Waals surface area contributed by atoms with Crippen LogP contribution in [0.3, 0.4) is 0 Å². The van der Waals surface area contributed by atoms with Gasteiger partial charge in [0.25, 0.3) is 0 Å². The van der Waals surface area contributed by atoms with Crippen LogP contribution in [-0.4, -0.2) is 24.9 Å². The Morgan fingerprint density at radius 2 is 1.96 bits per heavy atom. The molecule has 4 aromatic rings. The number of rotatable bonds is 5. The Labute approximate surface area is 165 Å². The molecule has 0 aliphatic rings. The van der Waals surface area contributed by atoms with Crippen LogP contribution in [0.1, 0.15) is 11.5 Å². The van der Waals surface area contributed by atoms with Crippen molar-refractivity contribution in [1.82, 2.24) is 24.9 Å². The van der Waals surface area contributed by atoms with Crippen LogP contribution in [0.25, 0.3) is 22.8 Å². The number of aromatic nitrogens is 5. The second-order valence-electron chi connectivity index (χ2n) is 6.01. The molecular formula is C19H16ClN5OS. The quantitative estimate of drug-likeness (QED) is 0.451. The van der Waals surface area contributed by atoms with Gasteiger partial charge in [-0.15, -0.1) is 10.2 Å². The molecule has 0 saturated heterocycles. The van der Waals surface area contributed by atoms with Gasteiger partial charge < -0.3 is 9.09 Å². The lowest BCUT2D eigenvalue weighted by Gasteiger charge is -2.03. The Hall–Kier alpha value is -2.64. The van der Waals surface area contributed by atoms with Gasteiger partial charge in [-0.05, 0) is 25.1 Å². The molecule has 0 fully saturated rings. The van der Waals surface area contributed by atoms with Gasteiger partial charge >= 0.3 is 0 Å². The Kier molecular flexibility index (Phi) is 4.96. The molecule has 8 heteroatoms. The van der Waals surface area contributed by atoms with E-state index in [0.717, 1.165) is 22.1 Å². The van der Waals surface area contributed by atoms with Gasteiger partial charge in [0.2, 0.25) is 11.7 Å². The molecule has 4 rings (SSSR count). The number of halogens is 1. The summed E-state index contributed by atoms with van der Waals surface area (Å²) in [6.45, 7) is 2.06. The molecule has 2 aromatic carbocycles. The molecule has 0 amide bonds. The third-order valence-corrected chi connectivity index (χ3v) is 5.35. The van der Waals surface area contributed by atoms with E-state index in [1.807, 2.05) is 41.9 Å². The molecule has 0 aliphatic heterocycles. The van der Waals surface area contributed by atoms with Gasteiger partial charge in [-0.3, -0.25) is 0 Å². The van der Waals surface area contributed by atoms with E-state index in [1.54, 1.807) is 6.07 Å². The molecule has 0 N–H and O–H groups in total. The fraction of sp³-hybridized carbons (Fsp3) is 0.158. The number of thioether (sulfide) groups is 1. The summed E-state index contributed by atoms with van der Waals surface area (Å²) in [7, 11) is 1.95. The smallest absolute Gasteiger partial charge is 0.237 e. The van der Waals surface area contributed by atoms with Crippen LogP contribution in [0.4, 0.5) is 0 Å². The number of aryl methyl sites for hydroxylation is 1. The molecule has 0 bridgehead atoms. The topological polar surface area (TPSA) is 69.6 Å². The monoisotopic (exact) mass is 397 g/mol. The fourth-order valence-electron chi connectivity index (χ4n) is 2.67. The molecule has 2 aromatic heterocycles. The van der Waals surface area contributed by atoms with E-state index in [2.05, 4.69) is 39.4 Å². The first-order valence-corrected chi connectivity index (χ1v) is 9.65.